The highest BCUT2D eigenvalue weighted by Gasteiger charge is 2.12. The Morgan fingerprint density at radius 1 is 1.10 bits per heavy atom. The molecule has 0 bridgehead atoms. The second kappa shape index (κ2) is 7.32. The largest absolute Gasteiger partial charge is 0.385 e. The van der Waals surface area contributed by atoms with Crippen molar-refractivity contribution in [2.75, 3.05) is 26.0 Å². The summed E-state index contributed by atoms with van der Waals surface area (Å²) in [4.78, 5) is 13.4. The normalized spacial score (nSPS) is 16.5. The molecule has 0 atom stereocenters. The minimum Gasteiger partial charge on any atom is -0.385 e. The number of carbonyl (C=O) groups excluding carboxylic acids is 1. The third-order valence-electron chi connectivity index (χ3n) is 4.11. The number of benzene rings is 1. The van der Waals surface area contributed by atoms with Gasteiger partial charge in [-0.25, -0.2) is 0 Å². The van der Waals surface area contributed by atoms with Crippen LogP contribution in [0.1, 0.15) is 48.9 Å². The molecule has 20 heavy (non-hydrogen) atoms. The lowest BCUT2D eigenvalue weighted by atomic mass is 10.0. The predicted molar refractivity (Wildman–Crippen MR) is 84.1 cm³/mol. The molecule has 1 saturated carbocycles. The Balaban J connectivity index is 1.85. The fourth-order valence-corrected chi connectivity index (χ4v) is 2.82. The van der Waals surface area contributed by atoms with Crippen LogP contribution in [0.4, 0.5) is 5.69 Å². The molecule has 1 N–H and O–H groups in total. The second-order valence-electron chi connectivity index (χ2n) is 6.02. The molecule has 1 amide bonds. The van der Waals surface area contributed by atoms with Crippen molar-refractivity contribution in [3.05, 3.63) is 29.8 Å². The van der Waals surface area contributed by atoms with E-state index in [1.54, 1.807) is 19.0 Å². The summed E-state index contributed by atoms with van der Waals surface area (Å²) in [7, 11) is 3.56. The fourth-order valence-electron chi connectivity index (χ4n) is 2.82. The first kappa shape index (κ1) is 14.9. The van der Waals surface area contributed by atoms with Crippen molar-refractivity contribution in [2.45, 2.75) is 38.5 Å². The molecule has 1 fully saturated rings. The first-order valence-electron chi connectivity index (χ1n) is 7.72. The van der Waals surface area contributed by atoms with Crippen LogP contribution >= 0.6 is 0 Å². The van der Waals surface area contributed by atoms with E-state index in [2.05, 4.69) is 5.32 Å². The van der Waals surface area contributed by atoms with Gasteiger partial charge in [-0.3, -0.25) is 4.79 Å². The average Bonchev–Trinajstić information content (AvgIpc) is 2.73. The number of nitrogens with zero attached hydrogens (tertiary/aromatic N) is 1. The van der Waals surface area contributed by atoms with Crippen molar-refractivity contribution in [1.29, 1.82) is 0 Å². The zero-order valence-corrected chi connectivity index (χ0v) is 12.7. The lowest BCUT2D eigenvalue weighted by Crippen LogP contribution is -2.21. The summed E-state index contributed by atoms with van der Waals surface area (Å²) in [6, 6.07) is 7.82. The summed E-state index contributed by atoms with van der Waals surface area (Å²) >= 11 is 0. The van der Waals surface area contributed by atoms with Crippen LogP contribution in [-0.2, 0) is 0 Å². The minimum atomic E-state index is 0.0559. The number of carbonyl (C=O) groups is 1. The number of amides is 1. The fraction of sp³-hybridized carbons (Fsp3) is 0.588. The van der Waals surface area contributed by atoms with Crippen LogP contribution in [0.5, 0.6) is 0 Å². The molecule has 3 nitrogen and oxygen atoms in total. The van der Waals surface area contributed by atoms with Crippen molar-refractivity contribution in [2.24, 2.45) is 5.92 Å². The summed E-state index contributed by atoms with van der Waals surface area (Å²) in [6.45, 7) is 1.06. The number of rotatable bonds is 4. The van der Waals surface area contributed by atoms with Gasteiger partial charge in [-0.05, 0) is 43.0 Å². The Kier molecular flexibility index (Phi) is 5.45. The summed E-state index contributed by atoms with van der Waals surface area (Å²) in [5, 5.41) is 3.51. The Bertz CT molecular complexity index is 417. The van der Waals surface area contributed by atoms with Crippen molar-refractivity contribution in [3.63, 3.8) is 0 Å². The minimum absolute atomic E-state index is 0.0559. The standard InChI is InChI=1S/C17H26N2O/c1-19(2)17(20)15-9-11-16(12-10-15)18-13-14-7-5-3-4-6-8-14/h9-12,14,18H,3-8,13H2,1-2H3. The van der Waals surface area contributed by atoms with Crippen LogP contribution < -0.4 is 5.32 Å². The van der Waals surface area contributed by atoms with E-state index in [4.69, 9.17) is 0 Å². The number of hydrogen-bond donors (Lipinski definition) is 1. The summed E-state index contributed by atoms with van der Waals surface area (Å²) in [6.07, 6.45) is 8.26. The molecule has 1 aliphatic rings. The van der Waals surface area contributed by atoms with Crippen molar-refractivity contribution in [3.8, 4) is 0 Å². The molecule has 0 aliphatic heterocycles. The first-order valence-corrected chi connectivity index (χ1v) is 7.72. The molecule has 0 spiro atoms. The maximum atomic E-state index is 11.8. The van der Waals surface area contributed by atoms with E-state index in [1.165, 1.54) is 38.5 Å². The Morgan fingerprint density at radius 3 is 2.25 bits per heavy atom. The van der Waals surface area contributed by atoms with Gasteiger partial charge >= 0.3 is 0 Å². The van der Waals surface area contributed by atoms with Gasteiger partial charge in [0, 0.05) is 31.9 Å². The average molecular weight is 274 g/mol. The third-order valence-corrected chi connectivity index (χ3v) is 4.11. The molecule has 0 heterocycles. The molecule has 3 heteroatoms. The van der Waals surface area contributed by atoms with Crippen molar-refractivity contribution >= 4 is 11.6 Å². The topological polar surface area (TPSA) is 32.3 Å². The highest BCUT2D eigenvalue weighted by atomic mass is 16.2. The summed E-state index contributed by atoms with van der Waals surface area (Å²) in [5.74, 6) is 0.862. The highest BCUT2D eigenvalue weighted by molar-refractivity contribution is 5.94. The third kappa shape index (κ3) is 4.26. The number of nitrogens with one attached hydrogen (secondary N) is 1. The molecule has 1 aromatic rings. The Morgan fingerprint density at radius 2 is 1.70 bits per heavy atom. The second-order valence-corrected chi connectivity index (χ2v) is 6.02. The van der Waals surface area contributed by atoms with E-state index >= 15 is 0 Å². The summed E-state index contributed by atoms with van der Waals surface area (Å²) in [5.41, 5.74) is 1.86. The molecule has 0 unspecified atom stereocenters. The lowest BCUT2D eigenvalue weighted by Gasteiger charge is -2.16. The smallest absolute Gasteiger partial charge is 0.253 e. The molecule has 0 saturated heterocycles. The SMILES string of the molecule is CN(C)C(=O)c1ccc(NCC2CCCCCC2)cc1. The Hall–Kier alpha value is -1.51. The molecule has 110 valence electrons. The van der Waals surface area contributed by atoms with Crippen LogP contribution in [0, 0.1) is 5.92 Å². The Labute approximate surface area is 122 Å². The predicted octanol–water partition coefficient (Wildman–Crippen LogP) is 3.77. The van der Waals surface area contributed by atoms with Gasteiger partial charge in [-0.2, -0.15) is 0 Å². The van der Waals surface area contributed by atoms with Gasteiger partial charge in [0.25, 0.3) is 5.91 Å². The first-order chi connectivity index (χ1) is 9.66. The molecule has 0 radical (unpaired) electrons. The maximum Gasteiger partial charge on any atom is 0.253 e. The van der Waals surface area contributed by atoms with Gasteiger partial charge in [0.2, 0.25) is 0 Å². The van der Waals surface area contributed by atoms with Gasteiger partial charge in [0.05, 0.1) is 0 Å². The van der Waals surface area contributed by atoms with Crippen molar-refractivity contribution in [1.82, 2.24) is 4.90 Å². The lowest BCUT2D eigenvalue weighted by molar-refractivity contribution is 0.0827. The van der Waals surface area contributed by atoms with Crippen LogP contribution in [0.3, 0.4) is 0 Å². The maximum absolute atomic E-state index is 11.8. The van der Waals surface area contributed by atoms with Crippen molar-refractivity contribution < 1.29 is 4.79 Å². The van der Waals surface area contributed by atoms with E-state index in [1.807, 2.05) is 24.3 Å². The quantitative estimate of drug-likeness (QED) is 0.848. The van der Waals surface area contributed by atoms with Crippen LogP contribution in [0.25, 0.3) is 0 Å². The monoisotopic (exact) mass is 274 g/mol. The molecule has 1 aliphatic carbocycles. The van der Waals surface area contributed by atoms with Crippen LogP contribution in [0.15, 0.2) is 24.3 Å². The molecule has 2 rings (SSSR count). The number of hydrogen-bond acceptors (Lipinski definition) is 2. The van der Waals surface area contributed by atoms with Gasteiger partial charge in [-0.15, -0.1) is 0 Å². The van der Waals surface area contributed by atoms with E-state index in [0.717, 1.165) is 23.7 Å². The zero-order chi connectivity index (χ0) is 14.4. The van der Waals surface area contributed by atoms with E-state index in [-0.39, 0.29) is 5.91 Å². The highest BCUT2D eigenvalue weighted by Crippen LogP contribution is 2.23. The molecule has 1 aromatic carbocycles. The van der Waals surface area contributed by atoms with Crippen LogP contribution in [0.2, 0.25) is 0 Å². The number of anilines is 1. The molecular formula is C17H26N2O. The van der Waals surface area contributed by atoms with E-state index in [0.29, 0.717) is 0 Å². The van der Waals surface area contributed by atoms with Gasteiger partial charge in [0.1, 0.15) is 0 Å². The van der Waals surface area contributed by atoms with Crippen LogP contribution in [-0.4, -0.2) is 31.4 Å². The van der Waals surface area contributed by atoms with E-state index in [9.17, 15) is 4.79 Å². The zero-order valence-electron chi connectivity index (χ0n) is 12.7. The summed E-state index contributed by atoms with van der Waals surface area (Å²) < 4.78 is 0. The van der Waals surface area contributed by atoms with E-state index < -0.39 is 0 Å². The molecule has 0 aromatic heterocycles. The van der Waals surface area contributed by atoms with Gasteiger partial charge < -0.3 is 10.2 Å². The molecular weight excluding hydrogens is 248 g/mol. The van der Waals surface area contributed by atoms with Gasteiger partial charge in [-0.1, -0.05) is 25.7 Å². The van der Waals surface area contributed by atoms with Gasteiger partial charge in [0.15, 0.2) is 0 Å².